The van der Waals surface area contributed by atoms with Crippen LogP contribution < -0.4 is 16.8 Å². The van der Waals surface area contributed by atoms with E-state index in [1.54, 1.807) is 39.7 Å². The number of hydrogen-bond donors (Lipinski definition) is 3. The van der Waals surface area contributed by atoms with Crippen LogP contribution in [0.15, 0.2) is 60.9 Å². The van der Waals surface area contributed by atoms with Gasteiger partial charge in [-0.05, 0) is 64.1 Å². The molecule has 1 aromatic carbocycles. The smallest absolute Gasteiger partial charge is 0.276 e. The van der Waals surface area contributed by atoms with Crippen molar-refractivity contribution in [1.82, 2.24) is 48.6 Å². The molecule has 6 heterocycles. The number of carbonyl (C=O) groups is 3. The van der Waals surface area contributed by atoms with Gasteiger partial charge in [-0.25, -0.2) is 19.9 Å². The molecular weight excluding hydrogens is 650 g/mol. The van der Waals surface area contributed by atoms with Crippen molar-refractivity contribution >= 4 is 56.8 Å². The molecule has 0 unspecified atom stereocenters. The molecule has 3 amide bonds. The lowest BCUT2D eigenvalue weighted by atomic mass is 10.1. The standard InChI is InChI=1S/C35H35N13O3/c1-5-47-27(13-19(3)43-47)31-38-18-24-23-15-21(29(36)49)9-10-26(23)45(32(24)41-31)11-7-8-12-46-33-25(16-22(17-39-33)30(37)50)40-35(46)42-34(51)28-14-20(4)44-48(28)6-2/h7-10,13-18H,5-6,11-12H2,1-4H3,(H2,36,49)(H2,37,50)(H,40,42,51). The van der Waals surface area contributed by atoms with Crippen LogP contribution in [0.25, 0.3) is 44.6 Å². The zero-order valence-corrected chi connectivity index (χ0v) is 28.5. The summed E-state index contributed by atoms with van der Waals surface area (Å²) in [4.78, 5) is 56.1. The van der Waals surface area contributed by atoms with Crippen LogP contribution in [0.4, 0.5) is 5.95 Å². The summed E-state index contributed by atoms with van der Waals surface area (Å²) in [6.07, 6.45) is 7.04. The highest BCUT2D eigenvalue weighted by molar-refractivity contribution is 6.09. The van der Waals surface area contributed by atoms with Crippen LogP contribution in [0.3, 0.4) is 0 Å². The van der Waals surface area contributed by atoms with Crippen LogP contribution in [-0.4, -0.2) is 66.4 Å². The topological polar surface area (TPSA) is 212 Å². The molecular formula is C35H35N13O3. The second kappa shape index (κ2) is 13.0. The number of nitrogens with zero attached hydrogens (tertiary/aromatic N) is 10. The van der Waals surface area contributed by atoms with Gasteiger partial charge in [0.25, 0.3) is 5.91 Å². The van der Waals surface area contributed by atoms with E-state index in [-0.39, 0.29) is 24.0 Å². The van der Waals surface area contributed by atoms with Crippen molar-refractivity contribution in [1.29, 1.82) is 0 Å². The van der Waals surface area contributed by atoms with Gasteiger partial charge in [0.15, 0.2) is 11.5 Å². The molecule has 5 N–H and O–H groups in total. The highest BCUT2D eigenvalue weighted by atomic mass is 16.2. The van der Waals surface area contributed by atoms with Crippen LogP contribution in [0.2, 0.25) is 0 Å². The molecule has 258 valence electrons. The first-order valence-electron chi connectivity index (χ1n) is 16.4. The van der Waals surface area contributed by atoms with Gasteiger partial charge in [-0.15, -0.1) is 0 Å². The summed E-state index contributed by atoms with van der Waals surface area (Å²) in [7, 11) is 0. The number of anilines is 1. The molecule has 0 fully saturated rings. The average molecular weight is 686 g/mol. The van der Waals surface area contributed by atoms with Gasteiger partial charge in [-0.2, -0.15) is 10.2 Å². The summed E-state index contributed by atoms with van der Waals surface area (Å²) in [5.41, 5.74) is 16.8. The third-order valence-corrected chi connectivity index (χ3v) is 8.59. The molecule has 0 aliphatic carbocycles. The van der Waals surface area contributed by atoms with E-state index in [0.717, 1.165) is 27.7 Å². The Hall–Kier alpha value is -6.71. The minimum atomic E-state index is -0.637. The molecule has 0 aliphatic rings. The first-order chi connectivity index (χ1) is 24.6. The number of hydrogen-bond acceptors (Lipinski definition) is 9. The summed E-state index contributed by atoms with van der Waals surface area (Å²) in [6.45, 7) is 9.51. The summed E-state index contributed by atoms with van der Waals surface area (Å²) < 4.78 is 7.26. The Balaban J connectivity index is 1.26. The first kappa shape index (κ1) is 32.8. The number of imidazole rings is 1. The fourth-order valence-electron chi connectivity index (χ4n) is 6.21. The Bertz CT molecular complexity index is 2550. The number of allylic oxidation sites excluding steroid dienone is 2. The molecule has 0 saturated heterocycles. The lowest BCUT2D eigenvalue weighted by molar-refractivity contribution is 0.0992. The van der Waals surface area contributed by atoms with Gasteiger partial charge in [-0.3, -0.25) is 33.6 Å². The van der Waals surface area contributed by atoms with Crippen LogP contribution in [0.1, 0.15) is 56.4 Å². The van der Waals surface area contributed by atoms with Gasteiger partial charge >= 0.3 is 0 Å². The fourth-order valence-corrected chi connectivity index (χ4v) is 6.21. The van der Waals surface area contributed by atoms with Gasteiger partial charge in [0.1, 0.15) is 22.6 Å². The summed E-state index contributed by atoms with van der Waals surface area (Å²) >= 11 is 0. The Morgan fingerprint density at radius 2 is 1.47 bits per heavy atom. The maximum absolute atomic E-state index is 13.4. The largest absolute Gasteiger partial charge is 0.366 e. The predicted molar refractivity (Wildman–Crippen MR) is 191 cm³/mol. The molecule has 0 radical (unpaired) electrons. The summed E-state index contributed by atoms with van der Waals surface area (Å²) in [5, 5.41) is 13.4. The molecule has 0 aliphatic heterocycles. The predicted octanol–water partition coefficient (Wildman–Crippen LogP) is 3.75. The van der Waals surface area contributed by atoms with Crippen LogP contribution in [0, 0.1) is 13.8 Å². The number of amides is 3. The second-order valence-electron chi connectivity index (χ2n) is 12.0. The molecule has 51 heavy (non-hydrogen) atoms. The minimum absolute atomic E-state index is 0.199. The highest BCUT2D eigenvalue weighted by Gasteiger charge is 2.20. The van der Waals surface area contributed by atoms with Gasteiger partial charge in [-0.1, -0.05) is 12.2 Å². The Labute approximate surface area is 290 Å². The van der Waals surface area contributed by atoms with Gasteiger partial charge in [0, 0.05) is 54.9 Å². The lowest BCUT2D eigenvalue weighted by Crippen LogP contribution is -2.20. The summed E-state index contributed by atoms with van der Waals surface area (Å²) in [6, 6.07) is 10.5. The molecule has 16 heteroatoms. The Kier molecular flexibility index (Phi) is 8.34. The van der Waals surface area contributed by atoms with Crippen LogP contribution in [0.5, 0.6) is 0 Å². The van der Waals surface area contributed by atoms with E-state index in [9.17, 15) is 14.4 Å². The average Bonchev–Trinajstić information content (AvgIpc) is 3.87. The van der Waals surface area contributed by atoms with Crippen molar-refractivity contribution in [2.45, 2.75) is 53.9 Å². The van der Waals surface area contributed by atoms with E-state index in [4.69, 9.17) is 16.5 Å². The molecule has 0 atom stereocenters. The highest BCUT2D eigenvalue weighted by Crippen LogP contribution is 2.30. The van der Waals surface area contributed by atoms with E-state index in [2.05, 4.69) is 30.5 Å². The lowest BCUT2D eigenvalue weighted by Gasteiger charge is -2.09. The summed E-state index contributed by atoms with van der Waals surface area (Å²) in [5.74, 6) is -0.782. The molecule has 0 saturated carbocycles. The number of benzene rings is 1. The number of pyridine rings is 1. The van der Waals surface area contributed by atoms with Crippen molar-refractivity contribution in [3.05, 3.63) is 89.2 Å². The van der Waals surface area contributed by atoms with Crippen molar-refractivity contribution in [3.8, 4) is 11.5 Å². The Morgan fingerprint density at radius 1 is 0.765 bits per heavy atom. The minimum Gasteiger partial charge on any atom is -0.366 e. The number of carbonyl (C=O) groups excluding carboxylic acids is 3. The molecule has 6 aromatic heterocycles. The van der Waals surface area contributed by atoms with E-state index < -0.39 is 11.8 Å². The molecule has 0 spiro atoms. The van der Waals surface area contributed by atoms with Gasteiger partial charge < -0.3 is 16.0 Å². The second-order valence-corrected chi connectivity index (χ2v) is 12.0. The number of nitrogens with one attached hydrogen (secondary N) is 1. The van der Waals surface area contributed by atoms with Crippen LogP contribution in [-0.2, 0) is 26.2 Å². The molecule has 0 bridgehead atoms. The quantitative estimate of drug-likeness (QED) is 0.169. The molecule has 16 nitrogen and oxygen atoms in total. The van der Waals surface area contributed by atoms with E-state index in [1.807, 2.05) is 61.2 Å². The van der Waals surface area contributed by atoms with Crippen LogP contribution >= 0.6 is 0 Å². The zero-order chi connectivity index (χ0) is 36.0. The number of aryl methyl sites for hydroxylation is 4. The Morgan fingerprint density at radius 3 is 2.20 bits per heavy atom. The maximum Gasteiger partial charge on any atom is 0.276 e. The van der Waals surface area contributed by atoms with E-state index in [1.165, 1.54) is 6.20 Å². The van der Waals surface area contributed by atoms with Gasteiger partial charge in [0.05, 0.1) is 22.5 Å². The number of fused-ring (bicyclic) bond motifs is 4. The van der Waals surface area contributed by atoms with Gasteiger partial charge in [0.2, 0.25) is 17.8 Å². The van der Waals surface area contributed by atoms with Crippen molar-refractivity contribution in [2.75, 3.05) is 5.32 Å². The number of aromatic nitrogens is 10. The third-order valence-electron chi connectivity index (χ3n) is 8.59. The van der Waals surface area contributed by atoms with Crippen molar-refractivity contribution in [3.63, 3.8) is 0 Å². The molecule has 7 rings (SSSR count). The van der Waals surface area contributed by atoms with Crippen molar-refractivity contribution < 1.29 is 14.4 Å². The number of rotatable bonds is 11. The molecule has 7 aromatic rings. The SMILES string of the molecule is CCn1nc(C)cc1C(=O)Nc1nc2cc(C(N)=O)cnc2n1CC=CCn1c2ccc(C(N)=O)cc2c2cnc(-c3cc(C)nn3CC)nc21. The zero-order valence-electron chi connectivity index (χ0n) is 28.5. The normalized spacial score (nSPS) is 11.8. The fraction of sp³-hybridized carbons (Fsp3) is 0.229. The monoisotopic (exact) mass is 685 g/mol. The number of nitrogens with two attached hydrogens (primary N) is 2. The maximum atomic E-state index is 13.4. The van der Waals surface area contributed by atoms with E-state index >= 15 is 0 Å². The number of primary amides is 2. The first-order valence-corrected chi connectivity index (χ1v) is 16.4. The third kappa shape index (κ3) is 5.96. The van der Waals surface area contributed by atoms with Crippen molar-refractivity contribution in [2.24, 2.45) is 11.5 Å². The van der Waals surface area contributed by atoms with E-state index in [0.29, 0.717) is 59.2 Å².